The van der Waals surface area contributed by atoms with Gasteiger partial charge in [-0.05, 0) is 27.7 Å². The zero-order chi connectivity index (χ0) is 41.8. The van der Waals surface area contributed by atoms with Gasteiger partial charge in [0.25, 0.3) is 0 Å². The molecule has 4 saturated heterocycles. The van der Waals surface area contributed by atoms with Crippen molar-refractivity contribution in [2.75, 3.05) is 26.4 Å². The zero-order valence-corrected chi connectivity index (χ0v) is 30.0. The molecule has 0 radical (unpaired) electrons. The van der Waals surface area contributed by atoms with Gasteiger partial charge in [0.15, 0.2) is 25.2 Å². The molecule has 324 valence electrons. The molecule has 4 fully saturated rings. The van der Waals surface area contributed by atoms with E-state index >= 15 is 0 Å². The van der Waals surface area contributed by atoms with Crippen molar-refractivity contribution in [1.29, 1.82) is 0 Å². The van der Waals surface area contributed by atoms with E-state index in [-0.39, 0.29) is 12.2 Å². The third-order valence-electron chi connectivity index (χ3n) is 8.24. The molecule has 0 aromatic rings. The molecule has 24 nitrogen and oxygen atoms in total. The van der Waals surface area contributed by atoms with E-state index in [1.165, 1.54) is 0 Å². The molecule has 4 aliphatic rings. The van der Waals surface area contributed by atoms with Crippen molar-refractivity contribution in [1.82, 2.24) is 0 Å². The summed E-state index contributed by atoms with van der Waals surface area (Å²) in [4.78, 5) is 0. The molecule has 24 heteroatoms. The minimum Gasteiger partial charge on any atom is -0.394 e. The third-order valence-corrected chi connectivity index (χ3v) is 8.24. The first kappa shape index (κ1) is 51.1. The second-order valence-corrected chi connectivity index (χ2v) is 13.2. The summed E-state index contributed by atoms with van der Waals surface area (Å²) in [6.07, 6.45) is -26.4. The first-order valence-corrected chi connectivity index (χ1v) is 17.0. The van der Waals surface area contributed by atoms with Crippen LogP contribution >= 0.6 is 0 Å². The maximum atomic E-state index is 9.53. The molecule has 4 rings (SSSR count). The monoisotopic (exact) mass is 804 g/mol. The Kier molecular flexibility index (Phi) is 22.8. The zero-order valence-electron chi connectivity index (χ0n) is 30.0. The summed E-state index contributed by atoms with van der Waals surface area (Å²) < 4.78 is 29.8. The number of aliphatic hydroxyl groups is 18. The van der Waals surface area contributed by atoms with E-state index in [1.807, 2.05) is 0 Å². The van der Waals surface area contributed by atoms with Crippen molar-refractivity contribution in [2.45, 2.75) is 163 Å². The lowest BCUT2D eigenvalue weighted by atomic mass is 9.99. The van der Waals surface area contributed by atoms with Crippen LogP contribution in [0.1, 0.15) is 27.7 Å². The van der Waals surface area contributed by atoms with Crippen molar-refractivity contribution in [2.24, 2.45) is 0 Å². The molecule has 0 aromatic heterocycles. The minimum absolute atomic E-state index is 0.188. The third kappa shape index (κ3) is 14.1. The van der Waals surface area contributed by atoms with Crippen LogP contribution in [0, 0.1) is 0 Å². The molecule has 0 spiro atoms. The summed E-state index contributed by atoms with van der Waals surface area (Å²) in [5.41, 5.74) is 0. The normalized spacial score (nSPS) is 45.3. The fourth-order valence-corrected chi connectivity index (χ4v) is 5.06. The van der Waals surface area contributed by atoms with Gasteiger partial charge in [-0.1, -0.05) is 0 Å². The summed E-state index contributed by atoms with van der Waals surface area (Å²) >= 11 is 0. The van der Waals surface area contributed by atoms with Gasteiger partial charge in [0.2, 0.25) is 0 Å². The lowest BCUT2D eigenvalue weighted by molar-refractivity contribution is -0.308. The lowest BCUT2D eigenvalue weighted by Crippen LogP contribution is -2.59. The Morgan fingerprint density at radius 2 is 0.556 bits per heavy atom. The minimum atomic E-state index is -1.57. The Morgan fingerprint density at radius 1 is 0.333 bits per heavy atom. The van der Waals surface area contributed by atoms with Crippen LogP contribution in [0.4, 0.5) is 0 Å². The summed E-state index contributed by atoms with van der Waals surface area (Å²) in [6, 6.07) is 0. The summed E-state index contributed by atoms with van der Waals surface area (Å²) in [5.74, 6) is 0. The van der Waals surface area contributed by atoms with Gasteiger partial charge in [-0.15, -0.1) is 0 Å². The van der Waals surface area contributed by atoms with Crippen molar-refractivity contribution in [3.63, 3.8) is 0 Å². The van der Waals surface area contributed by atoms with Crippen molar-refractivity contribution < 1.29 is 120 Å². The maximum Gasteiger partial charge on any atom is 0.186 e. The van der Waals surface area contributed by atoms with Crippen LogP contribution in [0.5, 0.6) is 0 Å². The molecule has 0 aliphatic carbocycles. The molecule has 4 aliphatic heterocycles. The van der Waals surface area contributed by atoms with E-state index in [0.717, 1.165) is 0 Å². The Bertz CT molecular complexity index is 910. The highest BCUT2D eigenvalue weighted by Crippen LogP contribution is 2.24. The largest absolute Gasteiger partial charge is 0.394 e. The molecule has 14 unspecified atom stereocenters. The molecule has 4 heterocycles. The topological polar surface area (TPSA) is 420 Å². The molecular formula is C30H60O24. The summed E-state index contributed by atoms with van der Waals surface area (Å²) in [5, 5.41) is 164. The van der Waals surface area contributed by atoms with E-state index in [1.54, 1.807) is 27.7 Å². The molecule has 0 bridgehead atoms. The number of aliphatic hydroxyl groups excluding tert-OH is 18. The standard InChI is InChI=1S/2C9H18O6.2C6H12O6/c2*1-4(2)14-9-8(13)7(12)6(11)5(3-10)15-9;2*7-1-2-3(8)4(9)5(10)6(11)12-2/h2*4-13H,3H2,1-2H3;2*2-11H,1H2/t5?,6-,7-,8?,9-;;2?,3-,4-,5?,6-;/m1.1./s1. The van der Waals surface area contributed by atoms with Crippen LogP contribution in [-0.2, 0) is 28.4 Å². The quantitative estimate of drug-likeness (QED) is 0.108. The number of rotatable bonds is 8. The van der Waals surface area contributed by atoms with Crippen LogP contribution in [0.15, 0.2) is 0 Å². The van der Waals surface area contributed by atoms with Gasteiger partial charge in [0, 0.05) is 0 Å². The highest BCUT2D eigenvalue weighted by atomic mass is 16.7. The fraction of sp³-hybridized carbons (Fsp3) is 1.00. The average molecular weight is 805 g/mol. The number of ether oxygens (including phenoxy) is 6. The van der Waals surface area contributed by atoms with Crippen molar-refractivity contribution >= 4 is 0 Å². The van der Waals surface area contributed by atoms with Gasteiger partial charge in [-0.3, -0.25) is 0 Å². The predicted molar refractivity (Wildman–Crippen MR) is 172 cm³/mol. The average Bonchev–Trinajstić information content (AvgIpc) is 3.13. The second-order valence-electron chi connectivity index (χ2n) is 13.2. The van der Waals surface area contributed by atoms with E-state index in [0.29, 0.717) is 0 Å². The van der Waals surface area contributed by atoms with Crippen LogP contribution in [0.25, 0.3) is 0 Å². The van der Waals surface area contributed by atoms with Crippen LogP contribution in [0.2, 0.25) is 0 Å². The molecule has 0 aromatic carbocycles. The molecule has 0 amide bonds. The highest BCUT2D eigenvalue weighted by molar-refractivity contribution is 4.91. The Hall–Kier alpha value is -0.960. The summed E-state index contributed by atoms with van der Waals surface area (Å²) in [6.45, 7) is 5.07. The van der Waals surface area contributed by atoms with Gasteiger partial charge in [0.05, 0.1) is 38.6 Å². The highest BCUT2D eigenvalue weighted by Gasteiger charge is 2.46. The van der Waals surface area contributed by atoms with E-state index < -0.39 is 149 Å². The van der Waals surface area contributed by atoms with Crippen LogP contribution in [0.3, 0.4) is 0 Å². The molecular weight excluding hydrogens is 744 g/mol. The van der Waals surface area contributed by atoms with E-state index in [4.69, 9.17) is 80.2 Å². The number of hydrogen-bond donors (Lipinski definition) is 18. The van der Waals surface area contributed by atoms with Gasteiger partial charge >= 0.3 is 0 Å². The van der Waals surface area contributed by atoms with Crippen LogP contribution in [-0.4, -0.2) is 253 Å². The van der Waals surface area contributed by atoms with E-state index in [9.17, 15) is 30.6 Å². The SMILES string of the molecule is CC(C)OC1OC(CO)C(O)C(O)C1O.CC(C)O[C@@H]1OC(CO)[C@@H](O)[C@@H](O)C1O.OCC1OC(O)C(O)C(O)C1O.OCC1O[C@@H](O)C(O)[C@H](O)[C@@H]1O. The Labute approximate surface area is 309 Å². The van der Waals surface area contributed by atoms with Gasteiger partial charge in [-0.2, -0.15) is 0 Å². The molecule has 54 heavy (non-hydrogen) atoms. The Morgan fingerprint density at radius 3 is 0.778 bits per heavy atom. The molecule has 20 atom stereocenters. The van der Waals surface area contributed by atoms with E-state index in [2.05, 4.69) is 9.47 Å². The Balaban J connectivity index is 0.000000362. The fourth-order valence-electron chi connectivity index (χ4n) is 5.06. The smallest absolute Gasteiger partial charge is 0.186 e. The van der Waals surface area contributed by atoms with Crippen molar-refractivity contribution in [3.05, 3.63) is 0 Å². The first-order valence-electron chi connectivity index (χ1n) is 17.0. The van der Waals surface area contributed by atoms with Crippen LogP contribution < -0.4 is 0 Å². The first-order chi connectivity index (χ1) is 25.1. The van der Waals surface area contributed by atoms with Crippen molar-refractivity contribution in [3.8, 4) is 0 Å². The molecule has 0 saturated carbocycles. The number of hydrogen-bond acceptors (Lipinski definition) is 24. The lowest BCUT2D eigenvalue weighted by Gasteiger charge is -2.40. The second kappa shape index (κ2) is 24.1. The van der Waals surface area contributed by atoms with Gasteiger partial charge in [-0.25, -0.2) is 0 Å². The van der Waals surface area contributed by atoms with Gasteiger partial charge in [0.1, 0.15) is 97.7 Å². The van der Waals surface area contributed by atoms with Gasteiger partial charge < -0.3 is 120 Å². The predicted octanol–water partition coefficient (Wildman–Crippen LogP) is -10.0. The molecule has 18 N–H and O–H groups in total. The maximum absolute atomic E-state index is 9.53. The summed E-state index contributed by atoms with van der Waals surface area (Å²) in [7, 11) is 0.